The van der Waals surface area contributed by atoms with Gasteiger partial charge in [0.2, 0.25) is 11.7 Å². The van der Waals surface area contributed by atoms with Crippen LogP contribution in [-0.2, 0) is 0 Å². The Kier molecular flexibility index (Phi) is 5.69. The molecule has 20 heavy (non-hydrogen) atoms. The number of ether oxygens (including phenoxy) is 1. The summed E-state index contributed by atoms with van der Waals surface area (Å²) in [6.45, 7) is 4.72. The molecule has 7 nitrogen and oxygen atoms in total. The highest BCUT2D eigenvalue weighted by atomic mass is 16.6. The number of nitrogens with zero attached hydrogens (tertiary/aromatic N) is 2. The van der Waals surface area contributed by atoms with E-state index in [9.17, 15) is 10.1 Å². The van der Waals surface area contributed by atoms with E-state index in [0.717, 1.165) is 6.42 Å². The number of methoxy groups -OCH3 is 1. The number of nitro groups is 1. The Morgan fingerprint density at radius 1 is 1.50 bits per heavy atom. The average Bonchev–Trinajstić information content (AvgIpc) is 2.42. The lowest BCUT2D eigenvalue weighted by Crippen LogP contribution is -2.24. The van der Waals surface area contributed by atoms with Crippen LogP contribution in [0.1, 0.15) is 26.7 Å². The molecule has 0 spiro atoms. The summed E-state index contributed by atoms with van der Waals surface area (Å²) in [4.78, 5) is 14.6. The summed E-state index contributed by atoms with van der Waals surface area (Å²) in [5.74, 6) is 0.526. The topological polar surface area (TPSA) is 97.5 Å². The van der Waals surface area contributed by atoms with Crippen LogP contribution in [0.5, 0.6) is 5.88 Å². The first-order valence-corrected chi connectivity index (χ1v) is 6.44. The van der Waals surface area contributed by atoms with Gasteiger partial charge in [-0.2, -0.15) is 4.98 Å². The highest BCUT2D eigenvalue weighted by molar-refractivity contribution is 5.57. The molecule has 0 atom stereocenters. The number of aliphatic hydroxyl groups excluding tert-OH is 1. The summed E-state index contributed by atoms with van der Waals surface area (Å²) in [6, 6.07) is 2.83. The lowest BCUT2D eigenvalue weighted by molar-refractivity contribution is -0.384. The third-order valence-corrected chi connectivity index (χ3v) is 3.00. The quantitative estimate of drug-likeness (QED) is 0.560. The molecule has 0 unspecified atom stereocenters. The fourth-order valence-electron chi connectivity index (χ4n) is 1.79. The Morgan fingerprint density at radius 3 is 2.75 bits per heavy atom. The van der Waals surface area contributed by atoms with Crippen molar-refractivity contribution in [3.8, 4) is 5.88 Å². The van der Waals surface area contributed by atoms with E-state index in [0.29, 0.717) is 18.8 Å². The van der Waals surface area contributed by atoms with Gasteiger partial charge in [-0.1, -0.05) is 13.8 Å². The maximum absolute atomic E-state index is 11.0. The second kappa shape index (κ2) is 7.04. The average molecular weight is 283 g/mol. The Balaban J connectivity index is 2.82. The lowest BCUT2D eigenvalue weighted by Gasteiger charge is -2.24. The van der Waals surface area contributed by atoms with Gasteiger partial charge in [0.05, 0.1) is 12.0 Å². The number of nitrogens with one attached hydrogen (secondary N) is 1. The molecule has 112 valence electrons. The van der Waals surface area contributed by atoms with E-state index in [-0.39, 0.29) is 23.5 Å². The predicted molar refractivity (Wildman–Crippen MR) is 76.0 cm³/mol. The maximum Gasteiger partial charge on any atom is 0.311 e. The van der Waals surface area contributed by atoms with Crippen LogP contribution in [0, 0.1) is 15.5 Å². The van der Waals surface area contributed by atoms with Crippen molar-refractivity contribution in [2.45, 2.75) is 26.7 Å². The first-order valence-electron chi connectivity index (χ1n) is 6.44. The second-order valence-electron chi connectivity index (χ2n) is 5.32. The van der Waals surface area contributed by atoms with Crippen molar-refractivity contribution >= 4 is 11.5 Å². The molecule has 0 aliphatic rings. The molecule has 1 heterocycles. The number of pyridine rings is 1. The fraction of sp³-hybridized carbons (Fsp3) is 0.615. The molecule has 0 saturated carbocycles. The molecule has 1 aromatic heterocycles. The van der Waals surface area contributed by atoms with Gasteiger partial charge in [0.25, 0.3) is 0 Å². The Hall–Kier alpha value is -1.89. The van der Waals surface area contributed by atoms with E-state index >= 15 is 0 Å². The summed E-state index contributed by atoms with van der Waals surface area (Å²) in [6.07, 6.45) is 1.51. The van der Waals surface area contributed by atoms with E-state index in [1.165, 1.54) is 19.2 Å². The highest BCUT2D eigenvalue weighted by Crippen LogP contribution is 2.28. The van der Waals surface area contributed by atoms with Gasteiger partial charge in [-0.05, 0) is 18.3 Å². The molecule has 7 heteroatoms. The zero-order valence-electron chi connectivity index (χ0n) is 12.0. The number of aliphatic hydroxyl groups is 1. The van der Waals surface area contributed by atoms with Gasteiger partial charge in [-0.25, -0.2) is 0 Å². The van der Waals surface area contributed by atoms with E-state index in [1.54, 1.807) is 0 Å². The summed E-state index contributed by atoms with van der Waals surface area (Å²) in [5.41, 5.74) is -0.176. The maximum atomic E-state index is 11.0. The monoisotopic (exact) mass is 283 g/mol. The predicted octanol–water partition coefficient (Wildman–Crippen LogP) is 2.21. The minimum Gasteiger partial charge on any atom is -0.481 e. The van der Waals surface area contributed by atoms with Crippen molar-refractivity contribution in [2.24, 2.45) is 5.41 Å². The molecule has 0 saturated heterocycles. The first kappa shape index (κ1) is 16.2. The van der Waals surface area contributed by atoms with Gasteiger partial charge in [0, 0.05) is 25.3 Å². The van der Waals surface area contributed by atoms with Crippen LogP contribution < -0.4 is 10.1 Å². The van der Waals surface area contributed by atoms with Crippen LogP contribution in [0.15, 0.2) is 12.1 Å². The number of hydrogen-bond donors (Lipinski definition) is 2. The van der Waals surface area contributed by atoms with Crippen molar-refractivity contribution in [3.63, 3.8) is 0 Å². The zero-order valence-corrected chi connectivity index (χ0v) is 12.0. The molecular formula is C13H21N3O4. The van der Waals surface area contributed by atoms with Crippen molar-refractivity contribution in [1.29, 1.82) is 0 Å². The largest absolute Gasteiger partial charge is 0.481 e. The van der Waals surface area contributed by atoms with Gasteiger partial charge in [-0.3, -0.25) is 10.1 Å². The molecule has 0 amide bonds. The van der Waals surface area contributed by atoms with Gasteiger partial charge < -0.3 is 15.2 Å². The van der Waals surface area contributed by atoms with Crippen LogP contribution in [0.4, 0.5) is 11.5 Å². The Labute approximate surface area is 118 Å². The van der Waals surface area contributed by atoms with Gasteiger partial charge in [0.15, 0.2) is 0 Å². The minimum atomic E-state index is -0.477. The SMILES string of the molecule is COc1ccc([N+](=O)[O-])c(NCC(C)(C)CCCO)n1. The molecule has 1 rings (SSSR count). The number of anilines is 1. The van der Waals surface area contributed by atoms with Crippen molar-refractivity contribution in [3.05, 3.63) is 22.2 Å². The zero-order chi connectivity index (χ0) is 15.2. The molecule has 2 N–H and O–H groups in total. The Bertz CT molecular complexity index is 463. The van der Waals surface area contributed by atoms with E-state index < -0.39 is 4.92 Å². The van der Waals surface area contributed by atoms with Crippen LogP contribution in [0.2, 0.25) is 0 Å². The van der Waals surface area contributed by atoms with Crippen LogP contribution in [0.25, 0.3) is 0 Å². The summed E-state index contributed by atoms with van der Waals surface area (Å²) in [5, 5.41) is 22.8. The van der Waals surface area contributed by atoms with Crippen molar-refractivity contribution in [1.82, 2.24) is 4.98 Å². The van der Waals surface area contributed by atoms with Crippen LogP contribution in [-0.4, -0.2) is 35.3 Å². The van der Waals surface area contributed by atoms with Gasteiger partial charge >= 0.3 is 5.69 Å². The fourth-order valence-corrected chi connectivity index (χ4v) is 1.79. The molecule has 0 aliphatic heterocycles. The lowest BCUT2D eigenvalue weighted by atomic mass is 9.88. The van der Waals surface area contributed by atoms with E-state index in [1.807, 2.05) is 13.8 Å². The van der Waals surface area contributed by atoms with Crippen molar-refractivity contribution < 1.29 is 14.8 Å². The minimum absolute atomic E-state index is 0.0799. The molecule has 0 bridgehead atoms. The molecule has 0 fully saturated rings. The smallest absolute Gasteiger partial charge is 0.311 e. The van der Waals surface area contributed by atoms with E-state index in [4.69, 9.17) is 9.84 Å². The summed E-state index contributed by atoms with van der Waals surface area (Å²) in [7, 11) is 1.46. The molecule has 0 aromatic carbocycles. The number of rotatable bonds is 8. The summed E-state index contributed by atoms with van der Waals surface area (Å²) < 4.78 is 4.98. The van der Waals surface area contributed by atoms with Crippen LogP contribution >= 0.6 is 0 Å². The third kappa shape index (κ3) is 4.65. The van der Waals surface area contributed by atoms with Crippen LogP contribution in [0.3, 0.4) is 0 Å². The first-order chi connectivity index (χ1) is 9.39. The molecule has 0 aliphatic carbocycles. The number of aromatic nitrogens is 1. The highest BCUT2D eigenvalue weighted by Gasteiger charge is 2.21. The molecule has 1 aromatic rings. The summed E-state index contributed by atoms with van der Waals surface area (Å²) >= 11 is 0. The third-order valence-electron chi connectivity index (χ3n) is 3.00. The molecule has 0 radical (unpaired) electrons. The van der Waals surface area contributed by atoms with E-state index in [2.05, 4.69) is 10.3 Å². The normalized spacial score (nSPS) is 11.2. The Morgan fingerprint density at radius 2 is 2.20 bits per heavy atom. The number of hydrogen-bond acceptors (Lipinski definition) is 6. The van der Waals surface area contributed by atoms with Crippen molar-refractivity contribution in [2.75, 3.05) is 25.6 Å². The van der Waals surface area contributed by atoms with Gasteiger partial charge in [-0.15, -0.1) is 0 Å². The molecular weight excluding hydrogens is 262 g/mol. The standard InChI is InChI=1S/C13H21N3O4/c1-13(2,7-4-8-17)9-14-12-10(16(18)19)5-6-11(15-12)20-3/h5-6,17H,4,7-9H2,1-3H3,(H,14,15). The second-order valence-corrected chi connectivity index (χ2v) is 5.32. The van der Waals surface area contributed by atoms with Gasteiger partial charge in [0.1, 0.15) is 0 Å².